The molecular weight excluding hydrogens is 254 g/mol. The van der Waals surface area contributed by atoms with Gasteiger partial charge in [-0.1, -0.05) is 23.9 Å². The lowest BCUT2D eigenvalue weighted by atomic mass is 10.2. The van der Waals surface area contributed by atoms with Crippen LogP contribution in [0.1, 0.15) is 25.7 Å². The Labute approximate surface area is 110 Å². The molecule has 1 heterocycles. The number of rotatable bonds is 1. The highest BCUT2D eigenvalue weighted by Crippen LogP contribution is 2.12. The molecular formula is C12H17NO4S. The van der Waals surface area contributed by atoms with Gasteiger partial charge in [0, 0.05) is 18.6 Å². The third-order valence-electron chi connectivity index (χ3n) is 2.45. The maximum atomic E-state index is 11.6. The molecule has 1 aliphatic heterocycles. The van der Waals surface area contributed by atoms with Crippen molar-refractivity contribution in [3.8, 4) is 0 Å². The first-order valence-corrected chi connectivity index (χ1v) is 6.80. The molecule has 1 rings (SSSR count). The molecule has 1 atom stereocenters. The van der Waals surface area contributed by atoms with E-state index in [9.17, 15) is 14.4 Å². The highest BCUT2D eigenvalue weighted by Gasteiger charge is 2.22. The molecule has 0 bridgehead atoms. The molecule has 0 aromatic heterocycles. The van der Waals surface area contributed by atoms with E-state index in [-0.39, 0.29) is 16.8 Å². The first kappa shape index (κ1) is 14.8. The third-order valence-corrected chi connectivity index (χ3v) is 3.48. The summed E-state index contributed by atoms with van der Waals surface area (Å²) in [6.07, 6.45) is 5.86. The molecule has 6 heteroatoms. The monoisotopic (exact) mass is 271 g/mol. The van der Waals surface area contributed by atoms with Crippen molar-refractivity contribution in [3.05, 3.63) is 12.2 Å². The summed E-state index contributed by atoms with van der Waals surface area (Å²) in [5.74, 6) is -0.499. The maximum absolute atomic E-state index is 11.6. The molecule has 5 nitrogen and oxygen atoms in total. The average Bonchev–Trinajstić information content (AvgIpc) is 2.36. The number of amides is 1. The Morgan fingerprint density at radius 3 is 2.67 bits per heavy atom. The van der Waals surface area contributed by atoms with Crippen LogP contribution in [0.2, 0.25) is 0 Å². The standard InChI is InChI=1S/C12H17NO4S/c1-17-12(16)9-8-18-11(15)7-5-3-2-4-6-10(14)13-9/h2-3,9H,4-8H2,1H3,(H,13,14)/b3-2-. The molecule has 0 aromatic rings. The fourth-order valence-corrected chi connectivity index (χ4v) is 2.31. The van der Waals surface area contributed by atoms with Crippen LogP contribution in [0.5, 0.6) is 0 Å². The summed E-state index contributed by atoms with van der Waals surface area (Å²) in [5.41, 5.74) is 0. The third kappa shape index (κ3) is 5.35. The molecule has 1 amide bonds. The number of esters is 1. The molecule has 0 radical (unpaired) electrons. The lowest BCUT2D eigenvalue weighted by Crippen LogP contribution is -2.43. The van der Waals surface area contributed by atoms with Gasteiger partial charge in [0.05, 0.1) is 7.11 Å². The van der Waals surface area contributed by atoms with Crippen molar-refractivity contribution in [1.29, 1.82) is 0 Å². The summed E-state index contributed by atoms with van der Waals surface area (Å²) in [7, 11) is 1.26. The molecule has 0 saturated carbocycles. The number of ether oxygens (including phenoxy) is 1. The van der Waals surface area contributed by atoms with Crippen LogP contribution >= 0.6 is 11.8 Å². The lowest BCUT2D eigenvalue weighted by molar-refractivity contribution is -0.144. The van der Waals surface area contributed by atoms with Gasteiger partial charge in [0.2, 0.25) is 5.91 Å². The zero-order chi connectivity index (χ0) is 13.4. The summed E-state index contributed by atoms with van der Waals surface area (Å²) in [4.78, 5) is 34.5. The number of methoxy groups -OCH3 is 1. The number of hydrogen-bond donors (Lipinski definition) is 1. The van der Waals surface area contributed by atoms with Gasteiger partial charge < -0.3 is 10.1 Å². The predicted octanol–water partition coefficient (Wildman–Crippen LogP) is 1.03. The van der Waals surface area contributed by atoms with Gasteiger partial charge in [-0.3, -0.25) is 9.59 Å². The van der Waals surface area contributed by atoms with Crippen LogP contribution < -0.4 is 5.32 Å². The molecule has 0 saturated heterocycles. The summed E-state index contributed by atoms with van der Waals surface area (Å²) in [5, 5.41) is 2.60. The zero-order valence-corrected chi connectivity index (χ0v) is 11.1. The van der Waals surface area contributed by atoms with Gasteiger partial charge in [0.1, 0.15) is 6.04 Å². The van der Waals surface area contributed by atoms with E-state index >= 15 is 0 Å². The van der Waals surface area contributed by atoms with E-state index < -0.39 is 12.0 Å². The Kier molecular flexibility index (Phi) is 6.49. The van der Waals surface area contributed by atoms with E-state index in [1.165, 1.54) is 7.11 Å². The Hall–Kier alpha value is -1.30. The molecule has 0 fully saturated rings. The maximum Gasteiger partial charge on any atom is 0.329 e. The van der Waals surface area contributed by atoms with Crippen molar-refractivity contribution in [2.24, 2.45) is 0 Å². The number of thioether (sulfide) groups is 1. The largest absolute Gasteiger partial charge is 0.467 e. The van der Waals surface area contributed by atoms with Crippen molar-refractivity contribution in [2.45, 2.75) is 31.7 Å². The number of nitrogens with one attached hydrogen (secondary N) is 1. The molecule has 0 aromatic carbocycles. The smallest absolute Gasteiger partial charge is 0.329 e. The zero-order valence-electron chi connectivity index (χ0n) is 10.3. The summed E-state index contributed by atoms with van der Waals surface area (Å²) in [6, 6.07) is -0.750. The Morgan fingerprint density at radius 2 is 2.00 bits per heavy atom. The van der Waals surface area contributed by atoms with Gasteiger partial charge in [-0.25, -0.2) is 4.79 Å². The Bertz CT molecular complexity index is 354. The quantitative estimate of drug-likeness (QED) is 0.570. The average molecular weight is 271 g/mol. The number of carbonyl (C=O) groups is 3. The Balaban J connectivity index is 2.66. The van der Waals surface area contributed by atoms with Crippen LogP contribution in [0, 0.1) is 0 Å². The van der Waals surface area contributed by atoms with E-state index in [2.05, 4.69) is 10.1 Å². The van der Waals surface area contributed by atoms with Crippen LogP contribution in [0.15, 0.2) is 12.2 Å². The second kappa shape index (κ2) is 7.92. The number of allylic oxidation sites excluding steroid dienone is 2. The predicted molar refractivity (Wildman–Crippen MR) is 69.0 cm³/mol. The van der Waals surface area contributed by atoms with Crippen molar-refractivity contribution in [2.75, 3.05) is 12.9 Å². The fraction of sp³-hybridized carbons (Fsp3) is 0.583. The van der Waals surface area contributed by atoms with Gasteiger partial charge in [0.25, 0.3) is 0 Å². The molecule has 1 aliphatic rings. The summed E-state index contributed by atoms with van der Waals surface area (Å²) in [6.45, 7) is 0. The van der Waals surface area contributed by atoms with Crippen LogP contribution in [-0.2, 0) is 19.1 Å². The topological polar surface area (TPSA) is 72.5 Å². The molecule has 1 unspecified atom stereocenters. The molecule has 0 spiro atoms. The second-order valence-electron chi connectivity index (χ2n) is 3.88. The SMILES string of the molecule is COC(=O)C1CSC(=O)CC/C=C\CCC(=O)N1. The van der Waals surface area contributed by atoms with E-state index in [0.29, 0.717) is 25.7 Å². The van der Waals surface area contributed by atoms with Gasteiger partial charge in [-0.15, -0.1) is 0 Å². The first-order chi connectivity index (χ1) is 8.63. The van der Waals surface area contributed by atoms with Gasteiger partial charge >= 0.3 is 5.97 Å². The highest BCUT2D eigenvalue weighted by atomic mass is 32.2. The van der Waals surface area contributed by atoms with Crippen molar-refractivity contribution >= 4 is 28.8 Å². The molecule has 1 N–H and O–H groups in total. The van der Waals surface area contributed by atoms with Crippen molar-refractivity contribution in [3.63, 3.8) is 0 Å². The minimum Gasteiger partial charge on any atom is -0.467 e. The van der Waals surface area contributed by atoms with Gasteiger partial charge in [-0.2, -0.15) is 0 Å². The Morgan fingerprint density at radius 1 is 1.33 bits per heavy atom. The normalized spacial score (nSPS) is 24.4. The number of hydrogen-bond acceptors (Lipinski definition) is 5. The fourth-order valence-electron chi connectivity index (χ4n) is 1.48. The van der Waals surface area contributed by atoms with Gasteiger partial charge in [0.15, 0.2) is 5.12 Å². The highest BCUT2D eigenvalue weighted by molar-refractivity contribution is 8.13. The first-order valence-electron chi connectivity index (χ1n) is 5.81. The van der Waals surface area contributed by atoms with Crippen LogP contribution in [0.3, 0.4) is 0 Å². The number of carbonyl (C=O) groups excluding carboxylic acids is 3. The molecule has 0 aliphatic carbocycles. The van der Waals surface area contributed by atoms with E-state index in [1.807, 2.05) is 12.2 Å². The van der Waals surface area contributed by atoms with Crippen LogP contribution in [0.4, 0.5) is 0 Å². The van der Waals surface area contributed by atoms with Gasteiger partial charge in [-0.05, 0) is 12.8 Å². The second-order valence-corrected chi connectivity index (χ2v) is 4.95. The minimum absolute atomic E-state index is 0.0170. The van der Waals surface area contributed by atoms with E-state index in [0.717, 1.165) is 11.8 Å². The van der Waals surface area contributed by atoms with E-state index in [4.69, 9.17) is 0 Å². The van der Waals surface area contributed by atoms with E-state index in [1.54, 1.807) is 0 Å². The molecule has 100 valence electrons. The minimum atomic E-state index is -0.750. The lowest BCUT2D eigenvalue weighted by Gasteiger charge is -2.15. The van der Waals surface area contributed by atoms with Crippen molar-refractivity contribution in [1.82, 2.24) is 5.32 Å². The molecule has 18 heavy (non-hydrogen) atoms. The van der Waals surface area contributed by atoms with Crippen LogP contribution in [-0.4, -0.2) is 35.9 Å². The van der Waals surface area contributed by atoms with Crippen LogP contribution in [0.25, 0.3) is 0 Å². The summed E-state index contributed by atoms with van der Waals surface area (Å²) >= 11 is 1.06. The summed E-state index contributed by atoms with van der Waals surface area (Å²) < 4.78 is 4.61. The van der Waals surface area contributed by atoms with Crippen molar-refractivity contribution < 1.29 is 19.1 Å².